The molecule has 1 atom stereocenters. The largest absolute Gasteiger partial charge is 0.507 e. The molecule has 0 aromatic heterocycles. The van der Waals surface area contributed by atoms with Gasteiger partial charge >= 0.3 is 5.97 Å². The first kappa shape index (κ1) is 18.3. The molecule has 0 spiro atoms. The Morgan fingerprint density at radius 3 is 2.64 bits per heavy atom. The number of nitrogens with one attached hydrogen (secondary N) is 1. The highest BCUT2D eigenvalue weighted by molar-refractivity contribution is 5.99. The quantitative estimate of drug-likeness (QED) is 0.786. The molecule has 2 aromatic carbocycles. The lowest BCUT2D eigenvalue weighted by Crippen LogP contribution is -2.30. The predicted octanol–water partition coefficient (Wildman–Crippen LogP) is 3.28. The van der Waals surface area contributed by atoms with Gasteiger partial charge in [-0.25, -0.2) is 4.79 Å². The molecule has 0 saturated heterocycles. The Kier molecular flexibility index (Phi) is 6.00. The van der Waals surface area contributed by atoms with Gasteiger partial charge in [-0.1, -0.05) is 23.8 Å². The number of benzene rings is 2. The van der Waals surface area contributed by atoms with Gasteiger partial charge in [0.25, 0.3) is 5.91 Å². The van der Waals surface area contributed by atoms with E-state index in [1.807, 2.05) is 6.92 Å². The normalized spacial score (nSPS) is 11.5. The van der Waals surface area contributed by atoms with Crippen LogP contribution in [-0.2, 0) is 9.53 Å². The summed E-state index contributed by atoms with van der Waals surface area (Å²) in [6.07, 6.45) is -1.04. The van der Waals surface area contributed by atoms with Crippen LogP contribution in [0.5, 0.6) is 11.5 Å². The molecule has 0 saturated carbocycles. The van der Waals surface area contributed by atoms with Crippen molar-refractivity contribution in [2.45, 2.75) is 26.9 Å². The Labute approximate surface area is 146 Å². The van der Waals surface area contributed by atoms with Crippen molar-refractivity contribution in [1.29, 1.82) is 0 Å². The fourth-order valence-corrected chi connectivity index (χ4v) is 2.18. The molecule has 2 rings (SSSR count). The number of carbonyl (C=O) groups excluding carboxylic acids is 2. The summed E-state index contributed by atoms with van der Waals surface area (Å²) in [4.78, 5) is 24.4. The topological polar surface area (TPSA) is 84.9 Å². The van der Waals surface area contributed by atoms with E-state index in [4.69, 9.17) is 9.47 Å². The Balaban J connectivity index is 2.05. The van der Waals surface area contributed by atoms with Gasteiger partial charge in [0.2, 0.25) is 0 Å². The molecule has 132 valence electrons. The summed E-state index contributed by atoms with van der Waals surface area (Å²) < 4.78 is 10.6. The van der Waals surface area contributed by atoms with E-state index in [2.05, 4.69) is 5.32 Å². The number of amides is 1. The summed E-state index contributed by atoms with van der Waals surface area (Å²) in [5.74, 6) is -0.910. The molecule has 1 unspecified atom stereocenters. The molecule has 0 fully saturated rings. The zero-order chi connectivity index (χ0) is 18.4. The number of anilines is 1. The summed E-state index contributed by atoms with van der Waals surface area (Å²) in [7, 11) is 0. The maximum absolute atomic E-state index is 12.3. The van der Waals surface area contributed by atoms with E-state index in [0.717, 1.165) is 5.56 Å². The third-order valence-corrected chi connectivity index (χ3v) is 3.47. The second-order valence-corrected chi connectivity index (χ2v) is 5.49. The van der Waals surface area contributed by atoms with Gasteiger partial charge < -0.3 is 19.9 Å². The van der Waals surface area contributed by atoms with Gasteiger partial charge in [0.05, 0.1) is 12.3 Å². The number of hydrogen-bond donors (Lipinski definition) is 2. The number of phenols is 1. The first-order valence-corrected chi connectivity index (χ1v) is 7.95. The van der Waals surface area contributed by atoms with Gasteiger partial charge in [-0.2, -0.15) is 0 Å². The van der Waals surface area contributed by atoms with Crippen LogP contribution in [0.25, 0.3) is 0 Å². The molecular formula is C19H21NO5. The Morgan fingerprint density at radius 1 is 1.20 bits per heavy atom. The van der Waals surface area contributed by atoms with Gasteiger partial charge in [-0.3, -0.25) is 4.79 Å². The van der Waals surface area contributed by atoms with E-state index in [1.54, 1.807) is 37.3 Å². The smallest absolute Gasteiger partial charge is 0.342 e. The van der Waals surface area contributed by atoms with E-state index in [-0.39, 0.29) is 11.3 Å². The number of aromatic hydroxyl groups is 1. The van der Waals surface area contributed by atoms with Crippen molar-refractivity contribution in [3.8, 4) is 11.5 Å². The lowest BCUT2D eigenvalue weighted by Gasteiger charge is -2.16. The van der Waals surface area contributed by atoms with Gasteiger partial charge in [-0.15, -0.1) is 0 Å². The second kappa shape index (κ2) is 8.19. The van der Waals surface area contributed by atoms with E-state index in [0.29, 0.717) is 18.0 Å². The number of hydrogen-bond acceptors (Lipinski definition) is 5. The lowest BCUT2D eigenvalue weighted by molar-refractivity contribution is -0.123. The van der Waals surface area contributed by atoms with Crippen LogP contribution in [0.1, 0.15) is 29.8 Å². The van der Waals surface area contributed by atoms with Crippen molar-refractivity contribution < 1.29 is 24.2 Å². The van der Waals surface area contributed by atoms with E-state index >= 15 is 0 Å². The van der Waals surface area contributed by atoms with Crippen molar-refractivity contribution in [3.63, 3.8) is 0 Å². The van der Waals surface area contributed by atoms with Gasteiger partial charge in [0.15, 0.2) is 6.10 Å². The van der Waals surface area contributed by atoms with Crippen molar-refractivity contribution in [1.82, 2.24) is 0 Å². The minimum Gasteiger partial charge on any atom is -0.507 e. The van der Waals surface area contributed by atoms with Crippen LogP contribution in [0.2, 0.25) is 0 Å². The standard InChI is InChI=1S/C19H21NO5/c1-4-24-17-8-6-5-7-15(17)20-18(22)13(3)25-19(23)14-11-12(2)9-10-16(14)21/h5-11,13,21H,4H2,1-3H3,(H,20,22). The average Bonchev–Trinajstić information content (AvgIpc) is 2.58. The van der Waals surface area contributed by atoms with E-state index < -0.39 is 18.0 Å². The molecular weight excluding hydrogens is 322 g/mol. The van der Waals surface area contributed by atoms with Crippen LogP contribution >= 0.6 is 0 Å². The van der Waals surface area contributed by atoms with Crippen LogP contribution in [0, 0.1) is 6.92 Å². The molecule has 0 aliphatic carbocycles. The highest BCUT2D eigenvalue weighted by Gasteiger charge is 2.22. The minimum absolute atomic E-state index is 0.0226. The molecule has 6 nitrogen and oxygen atoms in total. The van der Waals surface area contributed by atoms with Crippen LogP contribution in [-0.4, -0.2) is 29.7 Å². The molecule has 0 radical (unpaired) electrons. The highest BCUT2D eigenvalue weighted by Crippen LogP contribution is 2.24. The molecule has 2 aromatic rings. The Bertz CT molecular complexity index is 772. The Hall–Kier alpha value is -3.02. The molecule has 6 heteroatoms. The lowest BCUT2D eigenvalue weighted by atomic mass is 10.1. The summed E-state index contributed by atoms with van der Waals surface area (Å²) in [5.41, 5.74) is 1.32. The SMILES string of the molecule is CCOc1ccccc1NC(=O)C(C)OC(=O)c1cc(C)ccc1O. The fourth-order valence-electron chi connectivity index (χ4n) is 2.18. The van der Waals surface area contributed by atoms with Crippen LogP contribution < -0.4 is 10.1 Å². The van der Waals surface area contributed by atoms with Crippen LogP contribution in [0.4, 0.5) is 5.69 Å². The summed E-state index contributed by atoms with van der Waals surface area (Å²) >= 11 is 0. The van der Waals surface area contributed by atoms with E-state index in [9.17, 15) is 14.7 Å². The van der Waals surface area contributed by atoms with Crippen molar-refractivity contribution in [3.05, 3.63) is 53.6 Å². The number of rotatable bonds is 6. The number of ether oxygens (including phenoxy) is 2. The molecule has 1 amide bonds. The van der Waals surface area contributed by atoms with Crippen LogP contribution in [0.3, 0.4) is 0 Å². The fraction of sp³-hybridized carbons (Fsp3) is 0.263. The van der Waals surface area contributed by atoms with Crippen molar-refractivity contribution >= 4 is 17.6 Å². The number of aryl methyl sites for hydroxylation is 1. The average molecular weight is 343 g/mol. The molecule has 0 aliphatic heterocycles. The van der Waals surface area contributed by atoms with Gasteiger partial charge in [0, 0.05) is 0 Å². The zero-order valence-corrected chi connectivity index (χ0v) is 14.4. The van der Waals surface area contributed by atoms with Crippen LogP contribution in [0.15, 0.2) is 42.5 Å². The van der Waals surface area contributed by atoms with E-state index in [1.165, 1.54) is 19.1 Å². The maximum atomic E-state index is 12.3. The van der Waals surface area contributed by atoms with Crippen molar-refractivity contribution in [2.24, 2.45) is 0 Å². The van der Waals surface area contributed by atoms with Gasteiger partial charge in [0.1, 0.15) is 17.1 Å². The first-order valence-electron chi connectivity index (χ1n) is 7.95. The third-order valence-electron chi connectivity index (χ3n) is 3.47. The minimum atomic E-state index is -1.04. The molecule has 25 heavy (non-hydrogen) atoms. The number of para-hydroxylation sites is 2. The summed E-state index contributed by atoms with van der Waals surface area (Å²) in [6, 6.07) is 11.6. The zero-order valence-electron chi connectivity index (χ0n) is 14.4. The molecule has 0 heterocycles. The molecule has 0 aliphatic rings. The number of phenolic OH excluding ortho intramolecular Hbond substituents is 1. The second-order valence-electron chi connectivity index (χ2n) is 5.49. The van der Waals surface area contributed by atoms with Gasteiger partial charge in [-0.05, 0) is 45.0 Å². The molecule has 2 N–H and O–H groups in total. The Morgan fingerprint density at radius 2 is 1.92 bits per heavy atom. The highest BCUT2D eigenvalue weighted by atomic mass is 16.5. The summed E-state index contributed by atoms with van der Waals surface area (Å²) in [6.45, 7) is 5.56. The molecule has 0 bridgehead atoms. The monoisotopic (exact) mass is 343 g/mol. The number of esters is 1. The number of carbonyl (C=O) groups is 2. The van der Waals surface area contributed by atoms with Crippen molar-refractivity contribution in [2.75, 3.05) is 11.9 Å². The first-order chi connectivity index (χ1) is 11.9. The predicted molar refractivity (Wildman–Crippen MR) is 94.0 cm³/mol. The third kappa shape index (κ3) is 4.73. The maximum Gasteiger partial charge on any atom is 0.342 e. The summed E-state index contributed by atoms with van der Waals surface area (Å²) in [5, 5.41) is 12.4.